The number of nitrogens with one attached hydrogen (secondary N) is 1. The van der Waals surface area contributed by atoms with Crippen molar-refractivity contribution in [1.82, 2.24) is 5.32 Å². The molecule has 1 fully saturated rings. The Labute approximate surface area is 121 Å². The van der Waals surface area contributed by atoms with Crippen molar-refractivity contribution in [3.05, 3.63) is 0 Å². The van der Waals surface area contributed by atoms with Crippen molar-refractivity contribution in [3.8, 4) is 0 Å². The summed E-state index contributed by atoms with van der Waals surface area (Å²) in [6.07, 6.45) is 9.95. The molecule has 1 aliphatic rings. The Morgan fingerprint density at radius 3 is 2.35 bits per heavy atom. The average molecular weight is 286 g/mol. The monoisotopic (exact) mass is 286 g/mol. The van der Waals surface area contributed by atoms with Crippen molar-refractivity contribution in [1.29, 1.82) is 0 Å². The van der Waals surface area contributed by atoms with Gasteiger partial charge in [0, 0.05) is 12.1 Å². The van der Waals surface area contributed by atoms with E-state index < -0.39 is 7.12 Å². The second-order valence-electron chi connectivity index (χ2n) is 5.33. The number of carbonyl (C=O) groups excluding carboxylic acids is 2. The molecule has 5 N–H and O–H groups in total. The van der Waals surface area contributed by atoms with Crippen molar-refractivity contribution in [3.63, 3.8) is 0 Å². The molecule has 0 bridgehead atoms. The molecule has 0 aromatic heterocycles. The minimum atomic E-state index is -1.16. The highest BCUT2D eigenvalue weighted by Crippen LogP contribution is 2.17. The summed E-state index contributed by atoms with van der Waals surface area (Å²) in [6, 6.07) is 0.978. The maximum atomic E-state index is 8.69. The van der Waals surface area contributed by atoms with Crippen LogP contribution in [0.15, 0.2) is 0 Å². The van der Waals surface area contributed by atoms with Crippen LogP contribution in [0.5, 0.6) is 0 Å². The van der Waals surface area contributed by atoms with Crippen LogP contribution in [0.1, 0.15) is 51.4 Å². The predicted octanol–water partition coefficient (Wildman–Crippen LogP) is 0.296. The summed E-state index contributed by atoms with van der Waals surface area (Å²) in [5, 5.41) is 21.0. The van der Waals surface area contributed by atoms with Crippen LogP contribution in [-0.2, 0) is 9.59 Å². The minimum absolute atomic E-state index is 0.250. The lowest BCUT2D eigenvalue weighted by molar-refractivity contribution is -0.191. The molecule has 0 aromatic carbocycles. The molecule has 1 unspecified atom stereocenters. The van der Waals surface area contributed by atoms with Crippen molar-refractivity contribution in [2.24, 2.45) is 5.73 Å². The van der Waals surface area contributed by atoms with E-state index in [4.69, 9.17) is 25.4 Å². The molecule has 0 heterocycles. The first-order chi connectivity index (χ1) is 9.60. The van der Waals surface area contributed by atoms with E-state index in [1.807, 2.05) is 0 Å². The number of hydrogen-bond donors (Lipinski definition) is 4. The lowest BCUT2D eigenvalue weighted by atomic mass is 9.83. The summed E-state index contributed by atoms with van der Waals surface area (Å²) in [4.78, 5) is 16.2. The van der Waals surface area contributed by atoms with E-state index in [-0.39, 0.29) is 12.2 Å². The van der Waals surface area contributed by atoms with Gasteiger partial charge in [-0.1, -0.05) is 25.7 Å². The van der Waals surface area contributed by atoms with Crippen molar-refractivity contribution < 1.29 is 19.6 Å². The normalized spacial score (nSPS) is 16.1. The maximum Gasteiger partial charge on any atom is 0.451 e. The van der Waals surface area contributed by atoms with Gasteiger partial charge in [0.1, 0.15) is 0 Å². The quantitative estimate of drug-likeness (QED) is 0.358. The van der Waals surface area contributed by atoms with Crippen molar-refractivity contribution >= 4 is 13.3 Å². The molecule has 1 saturated carbocycles. The first-order valence-corrected chi connectivity index (χ1v) is 7.44. The number of hydrogen-bond acceptors (Lipinski definition) is 6. The molecule has 0 radical (unpaired) electrons. The predicted molar refractivity (Wildman–Crippen MR) is 76.7 cm³/mol. The lowest BCUT2D eigenvalue weighted by Crippen LogP contribution is -2.31. The van der Waals surface area contributed by atoms with Crippen LogP contribution >= 0.6 is 0 Å². The highest BCUT2D eigenvalue weighted by atomic mass is 16.4. The van der Waals surface area contributed by atoms with Gasteiger partial charge in [0.15, 0.2) is 0 Å². The Kier molecular flexibility index (Phi) is 12.8. The van der Waals surface area contributed by atoms with E-state index in [1.165, 1.54) is 25.7 Å². The zero-order valence-corrected chi connectivity index (χ0v) is 12.1. The zero-order valence-electron chi connectivity index (χ0n) is 12.1. The SMILES string of the molecule is NC(CCCCB(O)O)CCNC1CCCC1.O=C=O. The molecule has 0 saturated heterocycles. The lowest BCUT2D eigenvalue weighted by Gasteiger charge is -2.15. The molecule has 0 amide bonds. The average Bonchev–Trinajstić information content (AvgIpc) is 2.88. The molecule has 0 aliphatic heterocycles. The molecule has 1 atom stereocenters. The smallest absolute Gasteiger partial charge is 0.427 e. The Morgan fingerprint density at radius 2 is 1.80 bits per heavy atom. The largest absolute Gasteiger partial charge is 0.451 e. The Morgan fingerprint density at radius 1 is 1.20 bits per heavy atom. The van der Waals surface area contributed by atoms with E-state index in [1.54, 1.807) is 0 Å². The van der Waals surface area contributed by atoms with Gasteiger partial charge in [0.25, 0.3) is 0 Å². The van der Waals surface area contributed by atoms with Crippen molar-refractivity contribution in [2.75, 3.05) is 6.54 Å². The molecule has 1 rings (SSSR count). The van der Waals surface area contributed by atoms with Crippen LogP contribution < -0.4 is 11.1 Å². The van der Waals surface area contributed by atoms with Gasteiger partial charge in [0.2, 0.25) is 0 Å². The summed E-state index contributed by atoms with van der Waals surface area (Å²) in [5.74, 6) is 0. The Bertz CT molecular complexity index is 255. The standard InChI is InChI=1S/C12H27BN2O2.CO2/c14-11(5-3-4-9-13(16)17)8-10-15-12-6-1-2-7-12;2-1-3/h11-12,15-17H,1-10,14H2;. The molecule has 7 heteroatoms. The first kappa shape index (κ1) is 19.3. The van der Waals surface area contributed by atoms with Gasteiger partial charge in [-0.3, -0.25) is 0 Å². The molecule has 6 nitrogen and oxygen atoms in total. The molecule has 0 spiro atoms. The molecule has 20 heavy (non-hydrogen) atoms. The summed E-state index contributed by atoms with van der Waals surface area (Å²) >= 11 is 0. The van der Waals surface area contributed by atoms with Gasteiger partial charge in [0.05, 0.1) is 0 Å². The highest BCUT2D eigenvalue weighted by Gasteiger charge is 2.14. The zero-order chi connectivity index (χ0) is 15.2. The van der Waals surface area contributed by atoms with Gasteiger partial charge < -0.3 is 21.1 Å². The fourth-order valence-electron chi connectivity index (χ4n) is 2.48. The Hall–Kier alpha value is -0.715. The third-order valence-corrected chi connectivity index (χ3v) is 3.59. The third-order valence-electron chi connectivity index (χ3n) is 3.59. The van der Waals surface area contributed by atoms with Crippen LogP contribution in [0.3, 0.4) is 0 Å². The summed E-state index contributed by atoms with van der Waals surface area (Å²) in [7, 11) is -1.16. The second-order valence-corrected chi connectivity index (χ2v) is 5.33. The number of rotatable bonds is 9. The third kappa shape index (κ3) is 12.3. The van der Waals surface area contributed by atoms with Gasteiger partial charge in [-0.15, -0.1) is 0 Å². The van der Waals surface area contributed by atoms with Crippen LogP contribution in [0.25, 0.3) is 0 Å². The topological polar surface area (TPSA) is 113 Å². The van der Waals surface area contributed by atoms with E-state index in [9.17, 15) is 0 Å². The fraction of sp³-hybridized carbons (Fsp3) is 0.923. The van der Waals surface area contributed by atoms with E-state index in [2.05, 4.69) is 5.32 Å². The van der Waals surface area contributed by atoms with E-state index in [0.29, 0.717) is 6.32 Å². The van der Waals surface area contributed by atoms with Crippen molar-refractivity contribution in [2.45, 2.75) is 69.8 Å². The number of unbranched alkanes of at least 4 members (excludes halogenated alkanes) is 1. The van der Waals surface area contributed by atoms with Gasteiger partial charge in [-0.2, -0.15) is 9.59 Å². The molecule has 1 aliphatic carbocycles. The van der Waals surface area contributed by atoms with Gasteiger partial charge in [-0.05, 0) is 38.5 Å². The van der Waals surface area contributed by atoms with Crippen LogP contribution in [-0.4, -0.2) is 41.9 Å². The fourth-order valence-corrected chi connectivity index (χ4v) is 2.48. The van der Waals surface area contributed by atoms with Crippen LogP contribution in [0.4, 0.5) is 0 Å². The molecule has 0 aromatic rings. The summed E-state index contributed by atoms with van der Waals surface area (Å²) in [6.45, 7) is 1.02. The van der Waals surface area contributed by atoms with Gasteiger partial charge in [-0.25, -0.2) is 0 Å². The molecular weight excluding hydrogens is 259 g/mol. The molecular formula is C13H27BN2O4. The van der Waals surface area contributed by atoms with E-state index >= 15 is 0 Å². The number of nitrogens with two attached hydrogens (primary N) is 1. The minimum Gasteiger partial charge on any atom is -0.427 e. The molecule has 116 valence electrons. The summed E-state index contributed by atoms with van der Waals surface area (Å²) in [5.41, 5.74) is 6.01. The highest BCUT2D eigenvalue weighted by molar-refractivity contribution is 6.40. The summed E-state index contributed by atoms with van der Waals surface area (Å²) < 4.78 is 0. The Balaban J connectivity index is 0.00000110. The van der Waals surface area contributed by atoms with Gasteiger partial charge >= 0.3 is 13.3 Å². The maximum absolute atomic E-state index is 8.69. The van der Waals surface area contributed by atoms with E-state index in [0.717, 1.165) is 38.3 Å². The van der Waals surface area contributed by atoms with Crippen LogP contribution in [0.2, 0.25) is 6.32 Å². The second kappa shape index (κ2) is 13.3. The first-order valence-electron chi connectivity index (χ1n) is 7.44. The van der Waals surface area contributed by atoms with Crippen LogP contribution in [0, 0.1) is 0 Å².